The van der Waals surface area contributed by atoms with Crippen LogP contribution in [0.25, 0.3) is 0 Å². The number of nitrogens with zero attached hydrogens (tertiary/aromatic N) is 1. The number of hydrogen-bond acceptors (Lipinski definition) is 5. The van der Waals surface area contributed by atoms with Gasteiger partial charge >= 0.3 is 7.67 Å². The largest absolute Gasteiger partial charge is 0.503 e. The highest BCUT2D eigenvalue weighted by Crippen LogP contribution is 2.42. The molecule has 1 rings (SSSR count). The predicted octanol–water partition coefficient (Wildman–Crippen LogP) is 5.13. The van der Waals surface area contributed by atoms with Crippen LogP contribution in [0.4, 0.5) is 17.6 Å². The summed E-state index contributed by atoms with van der Waals surface area (Å²) in [5.41, 5.74) is 4.96. The van der Waals surface area contributed by atoms with Crippen LogP contribution in [0.15, 0.2) is 0 Å². The maximum atomic E-state index is 13.6. The van der Waals surface area contributed by atoms with Crippen molar-refractivity contribution in [2.75, 3.05) is 43.0 Å². The fourth-order valence-electron chi connectivity index (χ4n) is 2.18. The number of benzene rings is 1. The Morgan fingerprint density at radius 2 is 1.52 bits per heavy atom. The molecular weight excluding hydrogens is 498 g/mol. The lowest BCUT2D eigenvalue weighted by atomic mass is 10.1. The Bertz CT molecular complexity index is 690. The Kier molecular flexibility index (Phi) is 12.7. The van der Waals surface area contributed by atoms with Crippen LogP contribution in [-0.4, -0.2) is 52.7 Å². The Hall–Kier alpha value is 0.130. The lowest BCUT2D eigenvalue weighted by Crippen LogP contribution is -2.29. The third kappa shape index (κ3) is 8.29. The van der Waals surface area contributed by atoms with Crippen molar-refractivity contribution >= 4 is 52.5 Å². The zero-order chi connectivity index (χ0) is 22.0. The number of phenols is 1. The summed E-state index contributed by atoms with van der Waals surface area (Å²) in [4.78, 5) is 0. The zero-order valence-corrected chi connectivity index (χ0v) is 19.2. The van der Waals surface area contributed by atoms with Crippen molar-refractivity contribution < 1.29 is 31.8 Å². The van der Waals surface area contributed by atoms with Gasteiger partial charge in [0, 0.05) is 41.9 Å². The van der Waals surface area contributed by atoms with Crippen molar-refractivity contribution in [3.8, 4) is 5.75 Å². The van der Waals surface area contributed by atoms with Gasteiger partial charge in [0.05, 0.1) is 6.61 Å². The van der Waals surface area contributed by atoms with Crippen molar-refractivity contribution in [3.63, 3.8) is 0 Å². The van der Waals surface area contributed by atoms with Gasteiger partial charge in [-0.2, -0.15) is 8.78 Å². The number of hydrogen-bond donors (Lipinski definition) is 2. The van der Waals surface area contributed by atoms with Crippen molar-refractivity contribution in [2.24, 2.45) is 5.50 Å². The zero-order valence-electron chi connectivity index (χ0n) is 15.2. The quantitative estimate of drug-likeness (QED) is 0.0882. The summed E-state index contributed by atoms with van der Waals surface area (Å²) in [6, 6.07) is 0. The normalized spacial score (nSPS) is 13.8. The average Bonchev–Trinajstić information content (AvgIpc) is 2.68. The molecule has 1 atom stereocenters. The van der Waals surface area contributed by atoms with Crippen molar-refractivity contribution in [1.29, 1.82) is 0 Å². The standard InChI is InChI=1S/C15H21Cl2F4N2O3PS2/c16-3-5-23(6-4-17)27(22,25)26-7-9-29-28-8-1-2-10-11(18)13(20)15(24)14(21)12(10)19/h24H,1-9H2,(H2,22,25). The number of phenolic OH excluding ortho intramolecular Hbond substituents is 1. The Morgan fingerprint density at radius 1 is 1.00 bits per heavy atom. The van der Waals surface area contributed by atoms with E-state index in [2.05, 4.69) is 0 Å². The number of aromatic hydroxyl groups is 1. The molecule has 168 valence electrons. The molecule has 0 aliphatic rings. The molecule has 0 aliphatic heterocycles. The minimum atomic E-state index is -3.49. The monoisotopic (exact) mass is 518 g/mol. The lowest BCUT2D eigenvalue weighted by Gasteiger charge is -2.26. The highest BCUT2D eigenvalue weighted by Gasteiger charge is 2.26. The summed E-state index contributed by atoms with van der Waals surface area (Å²) < 4.78 is 72.8. The van der Waals surface area contributed by atoms with E-state index in [-0.39, 0.29) is 44.3 Å². The van der Waals surface area contributed by atoms with Crippen molar-refractivity contribution in [1.82, 2.24) is 4.67 Å². The van der Waals surface area contributed by atoms with E-state index >= 15 is 0 Å². The molecule has 0 aromatic heterocycles. The van der Waals surface area contributed by atoms with Crippen LogP contribution in [0.3, 0.4) is 0 Å². The summed E-state index contributed by atoms with van der Waals surface area (Å²) >= 11 is 11.3. The molecule has 0 aliphatic carbocycles. The van der Waals surface area contributed by atoms with Crippen molar-refractivity contribution in [2.45, 2.75) is 12.8 Å². The molecule has 0 bridgehead atoms. The molecule has 0 saturated heterocycles. The molecule has 0 radical (unpaired) electrons. The molecule has 1 aromatic carbocycles. The van der Waals surface area contributed by atoms with Crippen LogP contribution in [-0.2, 0) is 15.5 Å². The lowest BCUT2D eigenvalue weighted by molar-refractivity contribution is 0.282. The van der Waals surface area contributed by atoms with Gasteiger partial charge in [-0.1, -0.05) is 21.6 Å². The molecule has 14 heteroatoms. The van der Waals surface area contributed by atoms with Gasteiger partial charge in [0.25, 0.3) is 0 Å². The van der Waals surface area contributed by atoms with E-state index in [0.29, 0.717) is 11.5 Å². The van der Waals surface area contributed by atoms with Gasteiger partial charge in [0.1, 0.15) is 0 Å². The SMILES string of the molecule is NP(=O)(OCCSSCCCc1c(F)c(F)c(O)c(F)c1F)N(CCCl)CCCl. The smallest absolute Gasteiger partial charge is 0.340 e. The van der Waals surface area contributed by atoms with Crippen LogP contribution in [0.5, 0.6) is 5.75 Å². The molecular formula is C15H21Cl2F4N2O3PS2. The Morgan fingerprint density at radius 3 is 2.03 bits per heavy atom. The van der Waals surface area contributed by atoms with Gasteiger partial charge in [-0.15, -0.1) is 23.2 Å². The van der Waals surface area contributed by atoms with Crippen LogP contribution < -0.4 is 5.50 Å². The fraction of sp³-hybridized carbons (Fsp3) is 0.600. The second kappa shape index (κ2) is 13.5. The van der Waals surface area contributed by atoms with Gasteiger partial charge in [-0.25, -0.2) is 19.0 Å². The minimum Gasteiger partial charge on any atom is -0.503 e. The maximum absolute atomic E-state index is 13.6. The first kappa shape index (κ1) is 27.2. The average molecular weight is 519 g/mol. The molecule has 0 spiro atoms. The van der Waals surface area contributed by atoms with E-state index in [4.69, 9.17) is 38.3 Å². The highest BCUT2D eigenvalue weighted by atomic mass is 35.5. The first-order valence-corrected chi connectivity index (χ1v) is 13.6. The van der Waals surface area contributed by atoms with Crippen LogP contribution in [0.2, 0.25) is 0 Å². The molecule has 5 nitrogen and oxygen atoms in total. The van der Waals surface area contributed by atoms with E-state index in [1.165, 1.54) is 26.3 Å². The molecule has 0 saturated carbocycles. The molecule has 1 unspecified atom stereocenters. The topological polar surface area (TPSA) is 75.8 Å². The van der Waals surface area contributed by atoms with E-state index in [1.807, 2.05) is 0 Å². The van der Waals surface area contributed by atoms with E-state index in [0.717, 1.165) is 0 Å². The maximum Gasteiger partial charge on any atom is 0.340 e. The first-order chi connectivity index (χ1) is 13.7. The highest BCUT2D eigenvalue weighted by molar-refractivity contribution is 8.76. The second-order valence-electron chi connectivity index (χ2n) is 5.56. The molecule has 0 amide bonds. The number of alkyl halides is 2. The minimum absolute atomic E-state index is 0.101. The van der Waals surface area contributed by atoms with Crippen LogP contribution in [0, 0.1) is 23.3 Å². The van der Waals surface area contributed by atoms with Crippen molar-refractivity contribution in [3.05, 3.63) is 28.8 Å². The molecule has 0 fully saturated rings. The number of halogens is 6. The van der Waals surface area contributed by atoms with E-state index in [1.54, 1.807) is 0 Å². The second-order valence-corrected chi connectivity index (χ2v) is 11.0. The number of nitrogens with two attached hydrogens (primary N) is 1. The summed E-state index contributed by atoms with van der Waals surface area (Å²) in [6.07, 6.45) is 0.00425. The van der Waals surface area contributed by atoms with E-state index in [9.17, 15) is 22.1 Å². The Balaban J connectivity index is 2.33. The summed E-state index contributed by atoms with van der Waals surface area (Å²) in [7, 11) is -0.798. The molecule has 3 N–H and O–H groups in total. The van der Waals surface area contributed by atoms with Gasteiger partial charge in [0.15, 0.2) is 17.4 Å². The number of rotatable bonds is 14. The van der Waals surface area contributed by atoms with Crippen LogP contribution in [0.1, 0.15) is 12.0 Å². The fourth-order valence-corrected chi connectivity index (χ4v) is 6.14. The molecule has 1 aromatic rings. The summed E-state index contributed by atoms with van der Waals surface area (Å²) in [5, 5.41) is 8.94. The van der Waals surface area contributed by atoms with Crippen LogP contribution >= 0.6 is 52.5 Å². The third-order valence-electron chi connectivity index (χ3n) is 3.59. The van der Waals surface area contributed by atoms with Gasteiger partial charge in [-0.05, 0) is 12.8 Å². The van der Waals surface area contributed by atoms with Gasteiger partial charge in [-0.3, -0.25) is 4.57 Å². The van der Waals surface area contributed by atoms with Gasteiger partial charge in [0.2, 0.25) is 11.6 Å². The van der Waals surface area contributed by atoms with Gasteiger partial charge < -0.3 is 9.63 Å². The third-order valence-corrected chi connectivity index (χ3v) is 8.13. The predicted molar refractivity (Wildman–Crippen MR) is 112 cm³/mol. The summed E-state index contributed by atoms with van der Waals surface area (Å²) in [6.45, 7) is 0.648. The summed E-state index contributed by atoms with van der Waals surface area (Å²) in [5.74, 6) is -7.14. The first-order valence-electron chi connectivity index (χ1n) is 8.36. The van der Waals surface area contributed by atoms with E-state index < -0.39 is 42.3 Å². The molecule has 29 heavy (non-hydrogen) atoms. The Labute approximate surface area is 184 Å². The molecule has 0 heterocycles.